The van der Waals surface area contributed by atoms with Crippen molar-refractivity contribution in [2.75, 3.05) is 23.9 Å². The molecule has 0 aliphatic heterocycles. The predicted molar refractivity (Wildman–Crippen MR) is 92.3 cm³/mol. The molecule has 0 amide bonds. The molecule has 5 nitrogen and oxygen atoms in total. The molecule has 1 atom stereocenters. The van der Waals surface area contributed by atoms with Gasteiger partial charge in [0, 0.05) is 24.5 Å². The maximum atomic E-state index is 13.8. The van der Waals surface area contributed by atoms with E-state index >= 15 is 0 Å². The van der Waals surface area contributed by atoms with Gasteiger partial charge in [0.25, 0.3) is 5.56 Å². The Hall–Kier alpha value is -1.64. The minimum atomic E-state index is -0.915. The van der Waals surface area contributed by atoms with Gasteiger partial charge in [-0.05, 0) is 24.8 Å². The van der Waals surface area contributed by atoms with E-state index in [9.17, 15) is 13.6 Å². The number of nitrogens with one attached hydrogen (secondary N) is 1. The summed E-state index contributed by atoms with van der Waals surface area (Å²) in [6.45, 7) is -0.0128. The number of rotatable bonds is 7. The van der Waals surface area contributed by atoms with Crippen molar-refractivity contribution in [2.45, 2.75) is 12.5 Å². The van der Waals surface area contributed by atoms with E-state index in [1.807, 2.05) is 6.26 Å². The Balaban J connectivity index is 2.36. The number of hydrogen-bond donors (Lipinski definition) is 2. The SMILES string of the molecule is CSCC(CCO)Nc1cnn(-c2ccc(F)cc2F)c(=O)c1Cl. The van der Waals surface area contributed by atoms with Crippen LogP contribution in [0.1, 0.15) is 6.42 Å². The lowest BCUT2D eigenvalue weighted by Crippen LogP contribution is -2.28. The molecule has 1 unspecified atom stereocenters. The van der Waals surface area contributed by atoms with Crippen LogP contribution in [0.5, 0.6) is 0 Å². The summed E-state index contributed by atoms with van der Waals surface area (Å²) < 4.78 is 27.6. The summed E-state index contributed by atoms with van der Waals surface area (Å²) in [6.07, 6.45) is 3.70. The first-order valence-electron chi connectivity index (χ1n) is 7.07. The molecule has 2 N–H and O–H groups in total. The van der Waals surface area contributed by atoms with Gasteiger partial charge in [0.15, 0.2) is 5.82 Å². The fourth-order valence-corrected chi connectivity index (χ4v) is 2.97. The zero-order chi connectivity index (χ0) is 17.7. The van der Waals surface area contributed by atoms with Crippen LogP contribution in [0.15, 0.2) is 29.2 Å². The molecule has 0 aliphatic carbocycles. The minimum absolute atomic E-state index is 0.0128. The first kappa shape index (κ1) is 18.7. The van der Waals surface area contributed by atoms with Crippen LogP contribution in [0.4, 0.5) is 14.5 Å². The van der Waals surface area contributed by atoms with Crippen LogP contribution in [0.2, 0.25) is 5.02 Å². The van der Waals surface area contributed by atoms with Crippen molar-refractivity contribution in [1.29, 1.82) is 0 Å². The molecule has 9 heteroatoms. The molecular weight excluding hydrogens is 360 g/mol. The second-order valence-electron chi connectivity index (χ2n) is 4.99. The molecule has 0 bridgehead atoms. The monoisotopic (exact) mass is 375 g/mol. The summed E-state index contributed by atoms with van der Waals surface area (Å²) in [5.41, 5.74) is -0.613. The van der Waals surface area contributed by atoms with Crippen LogP contribution in [0.25, 0.3) is 5.69 Å². The third kappa shape index (κ3) is 4.25. The third-order valence-corrected chi connectivity index (χ3v) is 4.36. The Labute approximate surface area is 146 Å². The van der Waals surface area contributed by atoms with Crippen molar-refractivity contribution in [2.24, 2.45) is 0 Å². The Morgan fingerprint density at radius 1 is 1.46 bits per heavy atom. The summed E-state index contributed by atoms with van der Waals surface area (Å²) >= 11 is 7.65. The summed E-state index contributed by atoms with van der Waals surface area (Å²) in [5.74, 6) is -0.966. The van der Waals surface area contributed by atoms with Gasteiger partial charge in [0.2, 0.25) is 0 Å². The van der Waals surface area contributed by atoms with Gasteiger partial charge in [-0.25, -0.2) is 8.78 Å². The predicted octanol–water partition coefficient (Wildman–Crippen LogP) is 2.69. The second-order valence-corrected chi connectivity index (χ2v) is 6.28. The number of anilines is 1. The number of hydrogen-bond acceptors (Lipinski definition) is 5. The van der Waals surface area contributed by atoms with Crippen molar-refractivity contribution in [3.05, 3.63) is 51.4 Å². The zero-order valence-corrected chi connectivity index (χ0v) is 14.4. The topological polar surface area (TPSA) is 67.2 Å². The lowest BCUT2D eigenvalue weighted by molar-refractivity contribution is 0.282. The molecular formula is C15H16ClF2N3O2S. The van der Waals surface area contributed by atoms with Crippen molar-refractivity contribution in [3.8, 4) is 5.69 Å². The third-order valence-electron chi connectivity index (χ3n) is 3.26. The quantitative estimate of drug-likeness (QED) is 0.778. The molecule has 0 saturated carbocycles. The van der Waals surface area contributed by atoms with Gasteiger partial charge in [-0.3, -0.25) is 4.79 Å². The Morgan fingerprint density at radius 3 is 2.83 bits per heavy atom. The summed E-state index contributed by atoms with van der Waals surface area (Å²) in [7, 11) is 0. The van der Waals surface area contributed by atoms with Gasteiger partial charge in [0.1, 0.15) is 16.5 Å². The van der Waals surface area contributed by atoms with Crippen LogP contribution in [0, 0.1) is 11.6 Å². The molecule has 1 heterocycles. The molecule has 2 rings (SSSR count). The molecule has 2 aromatic rings. The molecule has 0 saturated heterocycles. The Morgan fingerprint density at radius 2 is 2.21 bits per heavy atom. The molecule has 130 valence electrons. The Kier molecular flexibility index (Phi) is 6.59. The van der Waals surface area contributed by atoms with Crippen LogP contribution in [-0.4, -0.2) is 39.5 Å². The van der Waals surface area contributed by atoms with E-state index in [4.69, 9.17) is 16.7 Å². The van der Waals surface area contributed by atoms with Gasteiger partial charge in [-0.1, -0.05) is 11.6 Å². The zero-order valence-electron chi connectivity index (χ0n) is 12.8. The fourth-order valence-electron chi connectivity index (χ4n) is 2.13. The first-order valence-corrected chi connectivity index (χ1v) is 8.84. The smallest absolute Gasteiger partial charge is 0.292 e. The molecule has 0 fully saturated rings. The number of aliphatic hydroxyl groups is 1. The van der Waals surface area contributed by atoms with Crippen LogP contribution >= 0.6 is 23.4 Å². The summed E-state index contributed by atoms with van der Waals surface area (Å²) in [4.78, 5) is 12.3. The number of benzene rings is 1. The Bertz CT molecular complexity index is 767. The van der Waals surface area contributed by atoms with Gasteiger partial charge in [0.05, 0.1) is 11.9 Å². The van der Waals surface area contributed by atoms with Crippen molar-refractivity contribution in [3.63, 3.8) is 0 Å². The van der Waals surface area contributed by atoms with Gasteiger partial charge in [-0.15, -0.1) is 0 Å². The fraction of sp³-hybridized carbons (Fsp3) is 0.333. The number of halogens is 3. The first-order chi connectivity index (χ1) is 11.5. The van der Waals surface area contributed by atoms with Gasteiger partial charge >= 0.3 is 0 Å². The average Bonchev–Trinajstić information content (AvgIpc) is 2.53. The number of nitrogens with zero attached hydrogens (tertiary/aromatic N) is 2. The molecule has 1 aromatic carbocycles. The van der Waals surface area contributed by atoms with Crippen LogP contribution < -0.4 is 10.9 Å². The standard InChI is InChI=1S/C15H16ClF2N3O2S/c1-24-8-10(4-5-22)20-12-7-19-21(15(23)14(12)16)13-3-2-9(17)6-11(13)18/h2-3,6-7,10,20,22H,4-5,8H2,1H3. The van der Waals surface area contributed by atoms with Crippen molar-refractivity contribution >= 4 is 29.1 Å². The van der Waals surface area contributed by atoms with E-state index < -0.39 is 17.2 Å². The largest absolute Gasteiger partial charge is 0.396 e. The van der Waals surface area contributed by atoms with Crippen molar-refractivity contribution < 1.29 is 13.9 Å². The maximum absolute atomic E-state index is 13.8. The highest BCUT2D eigenvalue weighted by molar-refractivity contribution is 7.98. The highest BCUT2D eigenvalue weighted by Crippen LogP contribution is 2.20. The highest BCUT2D eigenvalue weighted by Gasteiger charge is 2.16. The lowest BCUT2D eigenvalue weighted by atomic mass is 10.2. The summed E-state index contributed by atoms with van der Waals surface area (Å²) in [6, 6.07) is 2.72. The molecule has 0 radical (unpaired) electrons. The number of thioether (sulfide) groups is 1. The highest BCUT2D eigenvalue weighted by atomic mass is 35.5. The van der Waals surface area contributed by atoms with E-state index in [-0.39, 0.29) is 23.4 Å². The number of aliphatic hydroxyl groups excluding tert-OH is 1. The minimum Gasteiger partial charge on any atom is -0.396 e. The molecule has 24 heavy (non-hydrogen) atoms. The lowest BCUT2D eigenvalue weighted by Gasteiger charge is -2.19. The molecule has 1 aromatic heterocycles. The van der Waals surface area contributed by atoms with E-state index in [1.54, 1.807) is 11.8 Å². The van der Waals surface area contributed by atoms with Gasteiger partial charge in [-0.2, -0.15) is 21.5 Å². The van der Waals surface area contributed by atoms with E-state index in [1.165, 1.54) is 6.20 Å². The average molecular weight is 376 g/mol. The molecule has 0 spiro atoms. The van der Waals surface area contributed by atoms with Crippen molar-refractivity contribution in [1.82, 2.24) is 9.78 Å². The summed E-state index contributed by atoms with van der Waals surface area (Å²) in [5, 5.41) is 15.9. The van der Waals surface area contributed by atoms with E-state index in [0.717, 1.165) is 16.8 Å². The number of aromatic nitrogens is 2. The van der Waals surface area contributed by atoms with Crippen LogP contribution in [0.3, 0.4) is 0 Å². The van der Waals surface area contributed by atoms with E-state index in [2.05, 4.69) is 10.4 Å². The van der Waals surface area contributed by atoms with Crippen LogP contribution in [-0.2, 0) is 0 Å². The normalized spacial score (nSPS) is 12.2. The second kappa shape index (κ2) is 8.46. The molecule has 0 aliphatic rings. The maximum Gasteiger partial charge on any atom is 0.292 e. The van der Waals surface area contributed by atoms with E-state index in [0.29, 0.717) is 23.9 Å². The van der Waals surface area contributed by atoms with Gasteiger partial charge < -0.3 is 10.4 Å².